The highest BCUT2D eigenvalue weighted by Crippen LogP contribution is 2.36. The van der Waals surface area contributed by atoms with E-state index in [1.54, 1.807) is 24.4 Å². The number of benzene rings is 3. The molecular formula is C33H30N6O3. The molecule has 0 radical (unpaired) electrons. The van der Waals surface area contributed by atoms with Crippen molar-refractivity contribution in [2.24, 2.45) is 10.4 Å². The molecule has 9 nitrogen and oxygen atoms in total. The van der Waals surface area contributed by atoms with Gasteiger partial charge < -0.3 is 20.4 Å². The van der Waals surface area contributed by atoms with Crippen molar-refractivity contribution in [2.75, 3.05) is 11.9 Å². The Kier molecular flexibility index (Phi) is 7.00. The van der Waals surface area contributed by atoms with E-state index in [1.165, 1.54) is 6.20 Å². The first-order valence-corrected chi connectivity index (χ1v) is 13.7. The van der Waals surface area contributed by atoms with Crippen molar-refractivity contribution < 1.29 is 9.53 Å². The Morgan fingerprint density at radius 3 is 2.45 bits per heavy atom. The van der Waals surface area contributed by atoms with Gasteiger partial charge in [0.05, 0.1) is 18.4 Å². The number of amides is 2. The topological polar surface area (TPSA) is 121 Å². The van der Waals surface area contributed by atoms with E-state index in [0.717, 1.165) is 27.7 Å². The van der Waals surface area contributed by atoms with E-state index >= 15 is 0 Å². The number of aromatic amines is 1. The summed E-state index contributed by atoms with van der Waals surface area (Å²) in [5, 5.41) is 7.73. The average Bonchev–Trinajstić information content (AvgIpc) is 2.98. The Balaban J connectivity index is 1.29. The maximum absolute atomic E-state index is 13.4. The lowest BCUT2D eigenvalue weighted by atomic mass is 9.84. The fraction of sp³-hybridized carbons (Fsp3) is 0.182. The van der Waals surface area contributed by atoms with Crippen molar-refractivity contribution in [1.82, 2.24) is 20.3 Å². The molecule has 9 heteroatoms. The molecule has 3 N–H and O–H groups in total. The summed E-state index contributed by atoms with van der Waals surface area (Å²) in [6.07, 6.45) is 4.75. The fourth-order valence-electron chi connectivity index (χ4n) is 5.01. The molecule has 3 heterocycles. The van der Waals surface area contributed by atoms with Gasteiger partial charge in [0.15, 0.2) is 11.4 Å². The highest BCUT2D eigenvalue weighted by molar-refractivity contribution is 6.05. The number of dihydropyridines is 1. The van der Waals surface area contributed by atoms with E-state index in [4.69, 9.17) is 9.73 Å². The van der Waals surface area contributed by atoms with E-state index in [-0.39, 0.29) is 22.9 Å². The van der Waals surface area contributed by atoms with Crippen molar-refractivity contribution in [2.45, 2.75) is 26.7 Å². The molecule has 1 aliphatic heterocycles. The number of anilines is 1. The van der Waals surface area contributed by atoms with E-state index in [0.29, 0.717) is 34.9 Å². The number of fused-ring (bicyclic) bond motifs is 2. The normalized spacial score (nSPS) is 15.2. The molecule has 0 saturated heterocycles. The summed E-state index contributed by atoms with van der Waals surface area (Å²) in [6.45, 7) is 6.90. The van der Waals surface area contributed by atoms with Crippen LogP contribution in [0.15, 0.2) is 107 Å². The third kappa shape index (κ3) is 5.49. The SMILES string of the molecule is CC(C)(C)C1=NCC(c2ccccc2)C(NC(=O)Nc2ccc(Oc3ccnc4ncc(=O)[nH]c34)c3ccccc23)=C1. The van der Waals surface area contributed by atoms with Crippen LogP contribution in [0.25, 0.3) is 21.9 Å². The third-order valence-electron chi connectivity index (χ3n) is 7.14. The van der Waals surface area contributed by atoms with Crippen LogP contribution < -0.4 is 20.9 Å². The van der Waals surface area contributed by atoms with Gasteiger partial charge in [0.2, 0.25) is 0 Å². The number of urea groups is 1. The lowest BCUT2D eigenvalue weighted by molar-refractivity contribution is 0.253. The highest BCUT2D eigenvalue weighted by Gasteiger charge is 2.27. The largest absolute Gasteiger partial charge is 0.454 e. The number of hydrogen-bond acceptors (Lipinski definition) is 6. The van der Waals surface area contributed by atoms with Gasteiger partial charge in [-0.25, -0.2) is 14.8 Å². The Bertz CT molecular complexity index is 1920. The van der Waals surface area contributed by atoms with Crippen LogP contribution in [0, 0.1) is 5.41 Å². The quantitative estimate of drug-likeness (QED) is 0.226. The number of carbonyl (C=O) groups is 1. The van der Waals surface area contributed by atoms with Crippen LogP contribution in [-0.2, 0) is 0 Å². The van der Waals surface area contributed by atoms with Crippen molar-refractivity contribution >= 4 is 39.4 Å². The molecule has 2 amide bonds. The summed E-state index contributed by atoms with van der Waals surface area (Å²) >= 11 is 0. The molecule has 0 saturated carbocycles. The van der Waals surface area contributed by atoms with E-state index in [2.05, 4.69) is 58.5 Å². The molecule has 1 aliphatic rings. The predicted octanol–water partition coefficient (Wildman–Crippen LogP) is 6.55. The number of hydrogen-bond donors (Lipinski definition) is 3. The van der Waals surface area contributed by atoms with Crippen LogP contribution in [0.2, 0.25) is 0 Å². The van der Waals surface area contributed by atoms with Gasteiger partial charge in [-0.3, -0.25) is 9.79 Å². The van der Waals surface area contributed by atoms with Crippen LogP contribution in [-0.4, -0.2) is 33.2 Å². The van der Waals surface area contributed by atoms with Crippen molar-refractivity contribution in [3.8, 4) is 11.5 Å². The van der Waals surface area contributed by atoms with Crippen molar-refractivity contribution in [3.05, 3.63) is 113 Å². The van der Waals surface area contributed by atoms with Gasteiger partial charge >= 0.3 is 6.03 Å². The van der Waals surface area contributed by atoms with Gasteiger partial charge in [-0.05, 0) is 23.8 Å². The minimum absolute atomic E-state index is 0.0633. The van der Waals surface area contributed by atoms with Crippen LogP contribution >= 0.6 is 0 Å². The first kappa shape index (κ1) is 26.9. The van der Waals surface area contributed by atoms with Gasteiger partial charge in [0.1, 0.15) is 11.3 Å². The smallest absolute Gasteiger partial charge is 0.323 e. The van der Waals surface area contributed by atoms with Crippen LogP contribution in [0.1, 0.15) is 32.3 Å². The molecule has 0 bridgehead atoms. The summed E-state index contributed by atoms with van der Waals surface area (Å²) in [4.78, 5) is 41.2. The summed E-state index contributed by atoms with van der Waals surface area (Å²) in [7, 11) is 0. The molecule has 0 spiro atoms. The third-order valence-corrected chi connectivity index (χ3v) is 7.14. The number of aliphatic imine (C=N–C) groups is 1. The number of ether oxygens (including phenoxy) is 1. The summed E-state index contributed by atoms with van der Waals surface area (Å²) in [5.41, 5.74) is 3.74. The van der Waals surface area contributed by atoms with Crippen LogP contribution in [0.3, 0.4) is 0 Å². The zero-order chi connectivity index (χ0) is 29.3. The molecule has 42 heavy (non-hydrogen) atoms. The van der Waals surface area contributed by atoms with E-state index in [9.17, 15) is 9.59 Å². The van der Waals surface area contributed by atoms with Gasteiger partial charge in [0.25, 0.3) is 5.56 Å². The van der Waals surface area contributed by atoms with Gasteiger partial charge in [-0.2, -0.15) is 0 Å². The van der Waals surface area contributed by atoms with E-state index < -0.39 is 0 Å². The monoisotopic (exact) mass is 558 g/mol. The molecule has 1 atom stereocenters. The molecule has 0 fully saturated rings. The molecular weight excluding hydrogens is 528 g/mol. The summed E-state index contributed by atoms with van der Waals surface area (Å²) in [6, 6.07) is 22.6. The summed E-state index contributed by atoms with van der Waals surface area (Å²) in [5.74, 6) is 0.909. The van der Waals surface area contributed by atoms with Crippen molar-refractivity contribution in [3.63, 3.8) is 0 Å². The van der Waals surface area contributed by atoms with Gasteiger partial charge in [-0.1, -0.05) is 75.4 Å². The average molecular weight is 559 g/mol. The molecule has 2 aromatic heterocycles. The van der Waals surface area contributed by atoms with Crippen LogP contribution in [0.4, 0.5) is 10.5 Å². The molecule has 5 aromatic rings. The first-order valence-electron chi connectivity index (χ1n) is 13.7. The number of carbonyl (C=O) groups excluding carboxylic acids is 1. The number of H-pyrrole nitrogens is 1. The number of allylic oxidation sites excluding steroid dienone is 1. The number of nitrogens with zero attached hydrogens (tertiary/aromatic N) is 3. The Hall–Kier alpha value is -5.31. The summed E-state index contributed by atoms with van der Waals surface area (Å²) < 4.78 is 6.25. The second kappa shape index (κ2) is 10.9. The first-order chi connectivity index (χ1) is 20.3. The molecule has 0 aliphatic carbocycles. The minimum Gasteiger partial charge on any atom is -0.454 e. The standard InChI is InChI=1S/C33H30N6O3/c1-33(2,3)28-17-25(23(18-35-28)20-9-5-4-6-10-20)38-32(41)37-24-13-14-26(22-12-8-7-11-21(22)24)42-27-15-16-34-31-30(27)39-29(40)19-36-31/h4-17,19,23H,18H2,1-3H3,(H,39,40)(H2,37,38,41). The second-order valence-corrected chi connectivity index (χ2v) is 11.1. The van der Waals surface area contributed by atoms with Gasteiger partial charge in [0, 0.05) is 45.8 Å². The lowest BCUT2D eigenvalue weighted by Gasteiger charge is -2.29. The number of aromatic nitrogens is 3. The Morgan fingerprint density at radius 2 is 1.67 bits per heavy atom. The van der Waals surface area contributed by atoms with Crippen molar-refractivity contribution in [1.29, 1.82) is 0 Å². The maximum Gasteiger partial charge on any atom is 0.323 e. The Morgan fingerprint density at radius 1 is 0.905 bits per heavy atom. The number of pyridine rings is 1. The zero-order valence-electron chi connectivity index (χ0n) is 23.5. The molecule has 210 valence electrons. The van der Waals surface area contributed by atoms with Gasteiger partial charge in [-0.15, -0.1) is 0 Å². The maximum atomic E-state index is 13.4. The fourth-order valence-corrected chi connectivity index (χ4v) is 5.01. The van der Waals surface area contributed by atoms with E-state index in [1.807, 2.05) is 48.5 Å². The highest BCUT2D eigenvalue weighted by atomic mass is 16.5. The predicted molar refractivity (Wildman–Crippen MR) is 165 cm³/mol. The Labute approximate surface area is 242 Å². The number of rotatable bonds is 5. The lowest BCUT2D eigenvalue weighted by Crippen LogP contribution is -2.35. The zero-order valence-corrected chi connectivity index (χ0v) is 23.5. The molecule has 6 rings (SSSR count). The second-order valence-electron chi connectivity index (χ2n) is 11.1. The minimum atomic E-state index is -0.348. The molecule has 1 unspecified atom stereocenters. The number of nitrogens with one attached hydrogen (secondary N) is 3. The van der Waals surface area contributed by atoms with Crippen LogP contribution in [0.5, 0.6) is 11.5 Å². The molecule has 3 aromatic carbocycles.